The monoisotopic (exact) mass is 443 g/mol. The number of fused-ring (bicyclic) bond motifs is 2. The molecule has 4 rings (SSSR count). The number of carboxylic acids is 1. The summed E-state index contributed by atoms with van der Waals surface area (Å²) >= 11 is 12.5. The van der Waals surface area contributed by atoms with Gasteiger partial charge in [-0.15, -0.1) is 0 Å². The van der Waals surface area contributed by atoms with Gasteiger partial charge in [0.1, 0.15) is 17.1 Å². The lowest BCUT2D eigenvalue weighted by atomic mass is 9.89. The molecular weight excluding hydrogens is 429 g/mol. The topological polar surface area (TPSA) is 114 Å². The number of phenolic OH excluding ortho intramolecular Hbond substituents is 1. The summed E-state index contributed by atoms with van der Waals surface area (Å²) in [6.45, 7) is 1.88. The molecule has 2 aliphatic rings. The summed E-state index contributed by atoms with van der Waals surface area (Å²) in [5.74, 6) is -1.02. The molecule has 0 spiro atoms. The van der Waals surface area contributed by atoms with Crippen molar-refractivity contribution in [1.29, 1.82) is 0 Å². The largest absolute Gasteiger partial charge is 0.508 e. The third-order valence-electron chi connectivity index (χ3n) is 5.01. The minimum absolute atomic E-state index is 0.0316. The van der Waals surface area contributed by atoms with E-state index >= 15 is 0 Å². The summed E-state index contributed by atoms with van der Waals surface area (Å²) in [6, 6.07) is 8.80. The van der Waals surface area contributed by atoms with Crippen LogP contribution in [0.4, 0.5) is 5.69 Å². The van der Waals surface area contributed by atoms with Gasteiger partial charge in [0.25, 0.3) is 0 Å². The molecule has 152 valence electrons. The van der Waals surface area contributed by atoms with Gasteiger partial charge in [-0.3, -0.25) is 4.79 Å². The number of nitrogens with two attached hydrogens (primary N) is 1. The molecule has 2 aromatic rings. The zero-order chi connectivity index (χ0) is 21.7. The Labute approximate surface area is 180 Å². The van der Waals surface area contributed by atoms with Gasteiger partial charge >= 0.3 is 5.97 Å². The highest BCUT2D eigenvalue weighted by atomic mass is 35.5. The zero-order valence-electron chi connectivity index (χ0n) is 15.6. The van der Waals surface area contributed by atoms with Crippen LogP contribution in [0.2, 0.25) is 10.0 Å². The van der Waals surface area contributed by atoms with Crippen LogP contribution in [0.15, 0.2) is 45.6 Å². The lowest BCUT2D eigenvalue weighted by Crippen LogP contribution is -2.06. The number of hydrogen-bond donors (Lipinski definition) is 3. The minimum atomic E-state index is -1.28. The van der Waals surface area contributed by atoms with Crippen LogP contribution in [0.5, 0.6) is 5.75 Å². The van der Waals surface area contributed by atoms with Gasteiger partial charge in [0.15, 0.2) is 5.43 Å². The van der Waals surface area contributed by atoms with Crippen LogP contribution < -0.4 is 11.2 Å². The van der Waals surface area contributed by atoms with Gasteiger partial charge in [-0.05, 0) is 36.2 Å². The molecule has 8 heteroatoms. The summed E-state index contributed by atoms with van der Waals surface area (Å²) in [5, 5.41) is 20.6. The fraction of sp³-hybridized carbons (Fsp3) is 0.0909. The van der Waals surface area contributed by atoms with Crippen molar-refractivity contribution in [3.63, 3.8) is 0 Å². The second-order valence-electron chi connectivity index (χ2n) is 6.78. The van der Waals surface area contributed by atoms with Gasteiger partial charge in [-0.25, -0.2) is 4.79 Å². The van der Waals surface area contributed by atoms with Crippen molar-refractivity contribution in [1.82, 2.24) is 0 Å². The lowest BCUT2D eigenvalue weighted by Gasteiger charge is -2.19. The van der Waals surface area contributed by atoms with Crippen molar-refractivity contribution in [3.8, 4) is 28.2 Å². The number of halogens is 2. The number of nitrogen functional groups attached to an aromatic ring is 1. The molecule has 4 N–H and O–H groups in total. The van der Waals surface area contributed by atoms with E-state index in [2.05, 4.69) is 0 Å². The zero-order valence-corrected chi connectivity index (χ0v) is 17.1. The molecule has 0 atom stereocenters. The first kappa shape index (κ1) is 20.1. The second kappa shape index (κ2) is 7.23. The molecular formula is C22H15Cl2NO5. The van der Waals surface area contributed by atoms with Crippen molar-refractivity contribution < 1.29 is 19.4 Å². The summed E-state index contributed by atoms with van der Waals surface area (Å²) in [6.07, 6.45) is 0.536. The number of carbonyl (C=O) groups is 1. The van der Waals surface area contributed by atoms with E-state index in [-0.39, 0.29) is 49.4 Å². The van der Waals surface area contributed by atoms with E-state index in [1.807, 2.05) is 6.92 Å². The predicted octanol–water partition coefficient (Wildman–Crippen LogP) is 5.42. The van der Waals surface area contributed by atoms with Crippen LogP contribution in [0.3, 0.4) is 0 Å². The van der Waals surface area contributed by atoms with E-state index in [0.717, 1.165) is 0 Å². The molecule has 2 aromatic carbocycles. The Balaban J connectivity index is 2.28. The number of benzene rings is 3. The molecule has 0 bridgehead atoms. The molecule has 1 heterocycles. The van der Waals surface area contributed by atoms with E-state index in [1.165, 1.54) is 24.3 Å². The third kappa shape index (κ3) is 3.05. The Hall–Kier alpha value is -3.22. The normalized spacial score (nSPS) is 11.3. The molecule has 1 aliphatic heterocycles. The maximum atomic E-state index is 12.1. The van der Waals surface area contributed by atoms with Gasteiger partial charge in [0, 0.05) is 34.2 Å². The Kier molecular flexibility index (Phi) is 4.84. The van der Waals surface area contributed by atoms with E-state index in [1.54, 1.807) is 12.1 Å². The van der Waals surface area contributed by atoms with E-state index in [9.17, 15) is 19.8 Å². The number of aromatic hydroxyl groups is 1. The summed E-state index contributed by atoms with van der Waals surface area (Å²) in [7, 11) is 0. The van der Waals surface area contributed by atoms with Crippen molar-refractivity contribution in [2.75, 3.05) is 5.73 Å². The molecule has 0 amide bonds. The molecule has 0 saturated carbocycles. The SMILES string of the molecule is CCc1cc2c(-c3cc(Cl)c(N)c(Cl)c3C(=O)O)c3ccc(=O)cc-3oc2cc1O. The average molecular weight is 444 g/mol. The number of phenols is 1. The standard InChI is InChI=1S/C22H15Cl2NO5/c1-2-9-5-12-17(8-15(9)27)30-16-6-10(26)3-4-11(16)18(12)13-7-14(23)21(25)20(24)19(13)22(28)29/h3-8,27H,2,25H2,1H3,(H,28,29). The highest BCUT2D eigenvalue weighted by molar-refractivity contribution is 6.41. The number of rotatable bonds is 3. The first-order valence-corrected chi connectivity index (χ1v) is 9.72. The maximum Gasteiger partial charge on any atom is 0.337 e. The highest BCUT2D eigenvalue weighted by Gasteiger charge is 2.26. The van der Waals surface area contributed by atoms with Crippen molar-refractivity contribution in [2.24, 2.45) is 0 Å². The van der Waals surface area contributed by atoms with Crippen LogP contribution in [-0.4, -0.2) is 16.2 Å². The van der Waals surface area contributed by atoms with Gasteiger partial charge in [0.05, 0.1) is 21.3 Å². The maximum absolute atomic E-state index is 12.1. The van der Waals surface area contributed by atoms with Crippen LogP contribution >= 0.6 is 23.2 Å². The Morgan fingerprint density at radius 1 is 1.13 bits per heavy atom. The first-order chi connectivity index (χ1) is 14.2. The van der Waals surface area contributed by atoms with Crippen LogP contribution in [-0.2, 0) is 6.42 Å². The molecule has 0 saturated heterocycles. The Bertz CT molecular complexity index is 1380. The smallest absolute Gasteiger partial charge is 0.337 e. The van der Waals surface area contributed by atoms with E-state index in [0.29, 0.717) is 28.5 Å². The van der Waals surface area contributed by atoms with Crippen LogP contribution in [0, 0.1) is 0 Å². The van der Waals surface area contributed by atoms with Crippen LogP contribution in [0.25, 0.3) is 33.4 Å². The quantitative estimate of drug-likeness (QED) is 0.287. The van der Waals surface area contributed by atoms with Crippen LogP contribution in [0.1, 0.15) is 22.8 Å². The third-order valence-corrected chi connectivity index (χ3v) is 5.72. The number of carboxylic acid groups (broad SMARTS) is 1. The highest BCUT2D eigenvalue weighted by Crippen LogP contribution is 2.46. The summed E-state index contributed by atoms with van der Waals surface area (Å²) < 4.78 is 5.86. The predicted molar refractivity (Wildman–Crippen MR) is 117 cm³/mol. The fourth-order valence-electron chi connectivity index (χ4n) is 3.56. The minimum Gasteiger partial charge on any atom is -0.508 e. The van der Waals surface area contributed by atoms with Crippen molar-refractivity contribution in [3.05, 3.63) is 67.8 Å². The molecule has 0 radical (unpaired) electrons. The second-order valence-corrected chi connectivity index (χ2v) is 7.56. The van der Waals surface area contributed by atoms with Crippen molar-refractivity contribution in [2.45, 2.75) is 13.3 Å². The van der Waals surface area contributed by atoms with Gasteiger partial charge in [0.2, 0.25) is 0 Å². The van der Waals surface area contributed by atoms with Gasteiger partial charge in [-0.2, -0.15) is 0 Å². The lowest BCUT2D eigenvalue weighted by molar-refractivity contribution is 0.0698. The Morgan fingerprint density at radius 2 is 1.87 bits per heavy atom. The molecule has 30 heavy (non-hydrogen) atoms. The molecule has 6 nitrogen and oxygen atoms in total. The molecule has 0 fully saturated rings. The first-order valence-electron chi connectivity index (χ1n) is 8.96. The number of aromatic carboxylic acids is 1. The van der Waals surface area contributed by atoms with E-state index < -0.39 is 5.97 Å². The summed E-state index contributed by atoms with van der Waals surface area (Å²) in [5.41, 5.74) is 7.42. The fourth-order valence-corrected chi connectivity index (χ4v) is 4.10. The number of hydrogen-bond acceptors (Lipinski definition) is 5. The summed E-state index contributed by atoms with van der Waals surface area (Å²) in [4.78, 5) is 24.0. The number of anilines is 1. The molecule has 1 aliphatic carbocycles. The Morgan fingerprint density at radius 3 is 2.53 bits per heavy atom. The van der Waals surface area contributed by atoms with E-state index in [4.69, 9.17) is 33.4 Å². The van der Waals surface area contributed by atoms with Gasteiger partial charge in [-0.1, -0.05) is 30.1 Å². The average Bonchev–Trinajstić information content (AvgIpc) is 2.69. The van der Waals surface area contributed by atoms with Gasteiger partial charge < -0.3 is 20.4 Å². The molecule has 0 unspecified atom stereocenters. The number of aryl methyl sites for hydroxylation is 1. The molecule has 0 aromatic heterocycles. The van der Waals surface area contributed by atoms with Crippen molar-refractivity contribution >= 4 is 45.8 Å².